The maximum atomic E-state index is 13.5. The number of amides is 2. The zero-order chi connectivity index (χ0) is 20.7. The Balaban J connectivity index is 1.77. The molecular weight excluding hydrogens is 395 g/mol. The molecule has 0 aliphatic carbocycles. The van der Waals surface area contributed by atoms with Gasteiger partial charge in [0.25, 0.3) is 5.91 Å². The van der Waals surface area contributed by atoms with Crippen LogP contribution in [0, 0.1) is 12.7 Å². The molecule has 2 aromatic carbocycles. The van der Waals surface area contributed by atoms with Crippen LogP contribution in [0.25, 0.3) is 0 Å². The minimum atomic E-state index is -0.890. The van der Waals surface area contributed by atoms with Gasteiger partial charge in [-0.25, -0.2) is 4.39 Å². The maximum Gasteiger partial charge on any atom is 0.251 e. The van der Waals surface area contributed by atoms with E-state index in [9.17, 15) is 14.0 Å². The van der Waals surface area contributed by atoms with Crippen LogP contribution >= 0.6 is 11.6 Å². The van der Waals surface area contributed by atoms with Crippen LogP contribution in [0.3, 0.4) is 0 Å². The van der Waals surface area contributed by atoms with Crippen molar-refractivity contribution in [1.29, 1.82) is 0 Å². The van der Waals surface area contributed by atoms with Gasteiger partial charge in [-0.1, -0.05) is 23.7 Å². The van der Waals surface area contributed by atoms with Crippen molar-refractivity contribution in [2.24, 2.45) is 7.05 Å². The first-order valence-corrected chi connectivity index (χ1v) is 9.39. The Labute approximate surface area is 171 Å². The molecule has 2 amide bonds. The molecular formula is C21H18ClFN4O2. The van der Waals surface area contributed by atoms with Gasteiger partial charge >= 0.3 is 0 Å². The summed E-state index contributed by atoms with van der Waals surface area (Å²) in [4.78, 5) is 25.7. The lowest BCUT2D eigenvalue weighted by Gasteiger charge is -2.32. The van der Waals surface area contributed by atoms with Gasteiger partial charge in [0.15, 0.2) is 0 Å². The fourth-order valence-corrected chi connectivity index (χ4v) is 3.84. The Morgan fingerprint density at radius 3 is 2.48 bits per heavy atom. The SMILES string of the molecule is Cc1nn(C)c2c1[C@@H](c1ccc(F)cc1)[C@H](NC(=O)c1ccc(Cl)cc1)C(=O)N2. The van der Waals surface area contributed by atoms with Crippen LogP contribution in [0.15, 0.2) is 48.5 Å². The quantitative estimate of drug-likeness (QED) is 0.692. The van der Waals surface area contributed by atoms with Crippen molar-refractivity contribution in [1.82, 2.24) is 15.1 Å². The second-order valence-corrected chi connectivity index (χ2v) is 7.38. The molecule has 148 valence electrons. The summed E-state index contributed by atoms with van der Waals surface area (Å²) in [6, 6.07) is 11.4. The van der Waals surface area contributed by atoms with Crippen molar-refractivity contribution < 1.29 is 14.0 Å². The fraction of sp³-hybridized carbons (Fsp3) is 0.190. The average molecular weight is 413 g/mol. The Bertz CT molecular complexity index is 1090. The van der Waals surface area contributed by atoms with Crippen molar-refractivity contribution in [2.45, 2.75) is 18.9 Å². The number of rotatable bonds is 3. The van der Waals surface area contributed by atoms with Crippen LogP contribution in [0.4, 0.5) is 10.2 Å². The molecule has 0 fully saturated rings. The van der Waals surface area contributed by atoms with Crippen molar-refractivity contribution in [2.75, 3.05) is 5.32 Å². The van der Waals surface area contributed by atoms with Crippen LogP contribution in [0.2, 0.25) is 5.02 Å². The number of benzene rings is 2. The van der Waals surface area contributed by atoms with E-state index >= 15 is 0 Å². The first kappa shape index (κ1) is 19.1. The summed E-state index contributed by atoms with van der Waals surface area (Å²) < 4.78 is 15.1. The molecule has 0 bridgehead atoms. The highest BCUT2D eigenvalue weighted by Crippen LogP contribution is 2.39. The number of aromatic nitrogens is 2. The molecule has 4 rings (SSSR count). The lowest BCUT2D eigenvalue weighted by atomic mass is 9.82. The molecule has 2 N–H and O–H groups in total. The third kappa shape index (κ3) is 3.49. The average Bonchev–Trinajstić information content (AvgIpc) is 2.97. The van der Waals surface area contributed by atoms with E-state index in [-0.39, 0.29) is 11.7 Å². The Morgan fingerprint density at radius 1 is 1.17 bits per heavy atom. The van der Waals surface area contributed by atoms with Crippen LogP contribution in [0.1, 0.15) is 33.1 Å². The lowest BCUT2D eigenvalue weighted by Crippen LogP contribution is -2.50. The summed E-state index contributed by atoms with van der Waals surface area (Å²) in [5, 5.41) is 10.6. The highest BCUT2D eigenvalue weighted by atomic mass is 35.5. The van der Waals surface area contributed by atoms with Gasteiger partial charge in [0, 0.05) is 29.1 Å². The molecule has 2 atom stereocenters. The molecule has 6 nitrogen and oxygen atoms in total. The summed E-state index contributed by atoms with van der Waals surface area (Å²) in [5.41, 5.74) is 2.61. The minimum Gasteiger partial charge on any atom is -0.339 e. The van der Waals surface area contributed by atoms with Gasteiger partial charge in [0.05, 0.1) is 5.69 Å². The predicted octanol–water partition coefficient (Wildman–Crippen LogP) is 3.40. The number of anilines is 1. The van der Waals surface area contributed by atoms with Gasteiger partial charge in [-0.3, -0.25) is 14.3 Å². The highest BCUT2D eigenvalue weighted by molar-refractivity contribution is 6.30. The number of hydrogen-bond acceptors (Lipinski definition) is 3. The summed E-state index contributed by atoms with van der Waals surface area (Å²) in [6.07, 6.45) is 0. The zero-order valence-corrected chi connectivity index (χ0v) is 16.5. The van der Waals surface area contributed by atoms with Crippen LogP contribution < -0.4 is 10.6 Å². The Kier molecular flexibility index (Phi) is 4.84. The molecule has 0 saturated heterocycles. The molecule has 1 aromatic heterocycles. The van der Waals surface area contributed by atoms with Crippen LogP contribution in [-0.4, -0.2) is 27.6 Å². The van der Waals surface area contributed by atoms with Crippen LogP contribution in [-0.2, 0) is 11.8 Å². The van der Waals surface area contributed by atoms with E-state index in [1.807, 2.05) is 6.92 Å². The molecule has 0 radical (unpaired) electrons. The van der Waals surface area contributed by atoms with E-state index in [1.165, 1.54) is 12.1 Å². The minimum absolute atomic E-state index is 0.364. The molecule has 1 aliphatic heterocycles. The molecule has 0 saturated carbocycles. The van der Waals surface area contributed by atoms with E-state index in [0.717, 1.165) is 11.3 Å². The molecule has 2 heterocycles. The molecule has 0 spiro atoms. The fourth-order valence-electron chi connectivity index (χ4n) is 3.71. The van der Waals surface area contributed by atoms with Gasteiger partial charge < -0.3 is 10.6 Å². The normalized spacial score (nSPS) is 18.1. The summed E-state index contributed by atoms with van der Waals surface area (Å²) in [5.74, 6) is -1.09. The highest BCUT2D eigenvalue weighted by Gasteiger charge is 2.41. The molecule has 3 aromatic rings. The van der Waals surface area contributed by atoms with Gasteiger partial charge in [-0.05, 0) is 48.9 Å². The summed E-state index contributed by atoms with van der Waals surface area (Å²) in [7, 11) is 1.74. The van der Waals surface area contributed by atoms with Crippen molar-refractivity contribution >= 4 is 29.2 Å². The monoisotopic (exact) mass is 412 g/mol. The summed E-state index contributed by atoms with van der Waals surface area (Å²) in [6.45, 7) is 1.84. The lowest BCUT2D eigenvalue weighted by molar-refractivity contribution is -0.118. The topological polar surface area (TPSA) is 76.0 Å². The van der Waals surface area contributed by atoms with Gasteiger partial charge in [-0.2, -0.15) is 5.10 Å². The first-order valence-electron chi connectivity index (χ1n) is 9.01. The van der Waals surface area contributed by atoms with Crippen molar-refractivity contribution in [3.63, 3.8) is 0 Å². The van der Waals surface area contributed by atoms with Gasteiger partial charge in [0.2, 0.25) is 5.91 Å². The second-order valence-electron chi connectivity index (χ2n) is 6.95. The van der Waals surface area contributed by atoms with E-state index < -0.39 is 17.9 Å². The number of nitrogens with zero attached hydrogens (tertiary/aromatic N) is 2. The van der Waals surface area contributed by atoms with Crippen LogP contribution in [0.5, 0.6) is 0 Å². The number of halogens is 2. The van der Waals surface area contributed by atoms with E-state index in [0.29, 0.717) is 22.0 Å². The van der Waals surface area contributed by atoms with Crippen molar-refractivity contribution in [3.8, 4) is 0 Å². The molecule has 29 heavy (non-hydrogen) atoms. The number of carbonyl (C=O) groups excluding carboxylic acids is 2. The Hall–Kier alpha value is -3.19. The largest absolute Gasteiger partial charge is 0.339 e. The van der Waals surface area contributed by atoms with E-state index in [2.05, 4.69) is 15.7 Å². The molecule has 0 unspecified atom stereocenters. The first-order chi connectivity index (χ1) is 13.8. The van der Waals surface area contributed by atoms with Gasteiger partial charge in [-0.15, -0.1) is 0 Å². The van der Waals surface area contributed by atoms with Gasteiger partial charge in [0.1, 0.15) is 17.7 Å². The standard InChI is InChI=1S/C21H18ClFN4O2/c1-11-16-17(12-5-9-15(23)10-6-12)18(21(29)25-19(16)27(2)26-11)24-20(28)13-3-7-14(22)8-4-13/h3-10,17-18H,1-2H3,(H,24,28)(H,25,29)/t17-,18+/m1/s1. The number of nitrogens with one attached hydrogen (secondary N) is 2. The predicted molar refractivity (Wildman–Crippen MR) is 108 cm³/mol. The zero-order valence-electron chi connectivity index (χ0n) is 15.7. The molecule has 8 heteroatoms. The smallest absolute Gasteiger partial charge is 0.251 e. The molecule has 1 aliphatic rings. The third-order valence-electron chi connectivity index (χ3n) is 5.06. The second kappa shape index (κ2) is 7.33. The van der Waals surface area contributed by atoms with Crippen molar-refractivity contribution in [3.05, 3.63) is 81.8 Å². The Morgan fingerprint density at radius 2 is 1.83 bits per heavy atom. The number of carbonyl (C=O) groups is 2. The number of hydrogen-bond donors (Lipinski definition) is 2. The van der Waals surface area contributed by atoms with E-state index in [4.69, 9.17) is 11.6 Å². The number of fused-ring (bicyclic) bond motifs is 1. The van der Waals surface area contributed by atoms with E-state index in [1.54, 1.807) is 48.1 Å². The summed E-state index contributed by atoms with van der Waals surface area (Å²) >= 11 is 5.89. The number of aryl methyl sites for hydroxylation is 2. The maximum absolute atomic E-state index is 13.5. The third-order valence-corrected chi connectivity index (χ3v) is 5.31.